The Morgan fingerprint density at radius 2 is 1.56 bits per heavy atom. The lowest BCUT2D eigenvalue weighted by molar-refractivity contribution is 0.178. The Bertz CT molecular complexity index is 47.5. The molecule has 0 saturated heterocycles. The molecule has 0 aromatic carbocycles. The molecule has 0 bridgehead atoms. The van der Waals surface area contributed by atoms with Crippen LogP contribution in [0.5, 0.6) is 0 Å². The molecule has 0 spiro atoms. The van der Waals surface area contributed by atoms with E-state index >= 15 is 0 Å². The van der Waals surface area contributed by atoms with Crippen molar-refractivity contribution in [3.63, 3.8) is 0 Å². The molecule has 0 aromatic heterocycles. The van der Waals surface area contributed by atoms with Crippen molar-refractivity contribution in [2.75, 3.05) is 5.33 Å². The Balaban J connectivity index is 0. The summed E-state index contributed by atoms with van der Waals surface area (Å²) in [6.45, 7) is 4.31. The third-order valence-electron chi connectivity index (χ3n) is 0.117. The second kappa shape index (κ2) is 9.07. The lowest BCUT2D eigenvalue weighted by Gasteiger charge is -1.80. The minimum Gasteiger partial charge on any atom is -0.210 e. The van der Waals surface area contributed by atoms with Crippen LogP contribution in [-0.2, 0) is 0 Å². The zero-order valence-corrected chi connectivity index (χ0v) is 9.12. The molecule has 0 atom stereocenters. The number of alkyl halides is 4. The van der Waals surface area contributed by atoms with Crippen LogP contribution < -0.4 is 0 Å². The molecule has 0 unspecified atom stereocenters. The number of hydrogen-bond donors (Lipinski definition) is 0. The van der Waals surface area contributed by atoms with Gasteiger partial charge in [-0.3, -0.25) is 0 Å². The topological polar surface area (TPSA) is 0 Å². The van der Waals surface area contributed by atoms with Crippen molar-refractivity contribution in [3.05, 3.63) is 0 Å². The van der Waals surface area contributed by atoms with Gasteiger partial charge in [-0.2, -0.15) is 0 Å². The second-order valence-corrected chi connectivity index (χ2v) is 4.70. The lowest BCUT2D eigenvalue weighted by Crippen LogP contribution is -1.86. The SMILES string of the molecule is CC(C)I.FC(F)CBr. The van der Waals surface area contributed by atoms with Crippen LogP contribution in [0.1, 0.15) is 13.8 Å². The van der Waals surface area contributed by atoms with Crippen LogP contribution in [0.4, 0.5) is 8.78 Å². The number of hydrogen-bond acceptors (Lipinski definition) is 0. The fourth-order valence-electron chi connectivity index (χ4n) is 0. The Morgan fingerprint density at radius 1 is 1.44 bits per heavy atom. The van der Waals surface area contributed by atoms with Crippen molar-refractivity contribution in [1.29, 1.82) is 0 Å². The predicted octanol–water partition coefficient (Wildman–Crippen LogP) is 3.48. The lowest BCUT2D eigenvalue weighted by atomic mass is 10.6. The molecular formula is C5H10BrF2I. The normalized spacial score (nSPS) is 9.33. The molecule has 0 aliphatic carbocycles. The van der Waals surface area contributed by atoms with Crippen LogP contribution >= 0.6 is 38.5 Å². The van der Waals surface area contributed by atoms with E-state index in [-0.39, 0.29) is 5.33 Å². The van der Waals surface area contributed by atoms with Crippen LogP contribution in [0.25, 0.3) is 0 Å². The standard InChI is InChI=1S/C3H7I.C2H3BrF2/c1-3(2)4;3-1-2(4)5/h3H,1-2H3;2H,1H2. The van der Waals surface area contributed by atoms with Gasteiger partial charge >= 0.3 is 0 Å². The highest BCUT2D eigenvalue weighted by atomic mass is 127. The van der Waals surface area contributed by atoms with Gasteiger partial charge in [0.05, 0.1) is 5.33 Å². The summed E-state index contributed by atoms with van der Waals surface area (Å²) in [5.41, 5.74) is 0. The zero-order chi connectivity index (χ0) is 7.86. The van der Waals surface area contributed by atoms with Crippen molar-refractivity contribution in [1.82, 2.24) is 0 Å². The maximum atomic E-state index is 10.7. The van der Waals surface area contributed by atoms with E-state index in [1.54, 1.807) is 0 Å². The van der Waals surface area contributed by atoms with Crippen molar-refractivity contribution in [3.8, 4) is 0 Å². The second-order valence-electron chi connectivity index (χ2n) is 1.56. The van der Waals surface area contributed by atoms with Gasteiger partial charge in [0.2, 0.25) is 6.43 Å². The molecule has 0 N–H and O–H groups in total. The van der Waals surface area contributed by atoms with Crippen LogP contribution in [0.15, 0.2) is 0 Å². The van der Waals surface area contributed by atoms with Gasteiger partial charge in [-0.15, -0.1) is 0 Å². The van der Waals surface area contributed by atoms with Crippen molar-refractivity contribution in [2.24, 2.45) is 0 Å². The van der Waals surface area contributed by atoms with E-state index in [2.05, 4.69) is 52.4 Å². The minimum atomic E-state index is -2.20. The first-order chi connectivity index (χ1) is 4.00. The highest BCUT2D eigenvalue weighted by molar-refractivity contribution is 14.1. The first-order valence-electron chi connectivity index (χ1n) is 2.48. The van der Waals surface area contributed by atoms with Gasteiger partial charge in [-0.25, -0.2) is 8.78 Å². The van der Waals surface area contributed by atoms with E-state index in [9.17, 15) is 8.78 Å². The summed E-state index contributed by atoms with van der Waals surface area (Å²) >= 11 is 4.91. The summed E-state index contributed by atoms with van der Waals surface area (Å²) < 4.78 is 22.2. The van der Waals surface area contributed by atoms with E-state index in [1.165, 1.54) is 0 Å². The molecule has 0 aliphatic heterocycles. The monoisotopic (exact) mass is 314 g/mol. The van der Waals surface area contributed by atoms with Crippen LogP contribution in [-0.4, -0.2) is 15.7 Å². The smallest absolute Gasteiger partial charge is 0.210 e. The molecule has 9 heavy (non-hydrogen) atoms. The molecule has 0 radical (unpaired) electrons. The molecule has 0 amide bonds. The van der Waals surface area contributed by atoms with E-state index in [4.69, 9.17) is 0 Å². The number of rotatable bonds is 1. The van der Waals surface area contributed by atoms with Gasteiger partial charge in [0.15, 0.2) is 0 Å². The average molecular weight is 315 g/mol. The van der Waals surface area contributed by atoms with Crippen LogP contribution in [0, 0.1) is 0 Å². The molecule has 0 fully saturated rings. The first-order valence-corrected chi connectivity index (χ1v) is 4.85. The quantitative estimate of drug-likeness (QED) is 0.513. The molecular weight excluding hydrogens is 305 g/mol. The van der Waals surface area contributed by atoms with Crippen molar-refractivity contribution in [2.45, 2.75) is 24.2 Å². The highest BCUT2D eigenvalue weighted by Crippen LogP contribution is 1.94. The maximum absolute atomic E-state index is 10.7. The Kier molecular flexibility index (Phi) is 12.8. The molecule has 58 valence electrons. The summed E-state index contributed by atoms with van der Waals surface area (Å²) in [5.74, 6) is 0. The summed E-state index contributed by atoms with van der Waals surface area (Å²) in [6, 6.07) is 0. The Morgan fingerprint density at radius 3 is 1.56 bits per heavy atom. The van der Waals surface area contributed by atoms with E-state index in [1.807, 2.05) is 0 Å². The number of halogens is 4. The molecule has 0 rings (SSSR count). The van der Waals surface area contributed by atoms with Gasteiger partial charge in [0.1, 0.15) is 0 Å². The van der Waals surface area contributed by atoms with Gasteiger partial charge < -0.3 is 0 Å². The van der Waals surface area contributed by atoms with Gasteiger partial charge in [0, 0.05) is 3.92 Å². The third kappa shape index (κ3) is 48.1. The van der Waals surface area contributed by atoms with Gasteiger partial charge in [-0.1, -0.05) is 52.4 Å². The fourth-order valence-corrected chi connectivity index (χ4v) is 0. The maximum Gasteiger partial charge on any atom is 0.248 e. The first kappa shape index (κ1) is 12.7. The Hall–Kier alpha value is 1.07. The van der Waals surface area contributed by atoms with E-state index in [0.29, 0.717) is 0 Å². The van der Waals surface area contributed by atoms with Gasteiger partial charge in [0.25, 0.3) is 0 Å². The largest absolute Gasteiger partial charge is 0.248 e. The fraction of sp³-hybridized carbons (Fsp3) is 1.00. The highest BCUT2D eigenvalue weighted by Gasteiger charge is 1.92. The zero-order valence-electron chi connectivity index (χ0n) is 5.37. The van der Waals surface area contributed by atoms with Crippen molar-refractivity contribution < 1.29 is 8.78 Å². The third-order valence-corrected chi connectivity index (χ3v) is 0.606. The minimum absolute atomic E-state index is 0.215. The molecule has 4 heteroatoms. The molecule has 0 aromatic rings. The molecule has 0 aliphatic rings. The van der Waals surface area contributed by atoms with Crippen LogP contribution in [0.3, 0.4) is 0 Å². The van der Waals surface area contributed by atoms with Crippen molar-refractivity contribution >= 4 is 38.5 Å². The molecule has 0 nitrogen and oxygen atoms in total. The summed E-state index contributed by atoms with van der Waals surface area (Å²) in [4.78, 5) is 0. The summed E-state index contributed by atoms with van der Waals surface area (Å²) in [5, 5.41) is -0.215. The predicted molar refractivity (Wildman–Crippen MR) is 49.0 cm³/mol. The van der Waals surface area contributed by atoms with Crippen LogP contribution in [0.2, 0.25) is 0 Å². The summed E-state index contributed by atoms with van der Waals surface area (Å²) in [6.07, 6.45) is -2.20. The molecule has 0 heterocycles. The van der Waals surface area contributed by atoms with Gasteiger partial charge in [-0.05, 0) is 0 Å². The summed E-state index contributed by atoms with van der Waals surface area (Å²) in [7, 11) is 0. The van der Waals surface area contributed by atoms with E-state index in [0.717, 1.165) is 3.92 Å². The molecule has 0 saturated carbocycles. The Labute approximate surface area is 76.7 Å². The average Bonchev–Trinajstić information content (AvgIpc) is 1.65. The van der Waals surface area contributed by atoms with E-state index < -0.39 is 6.43 Å².